The fourth-order valence-corrected chi connectivity index (χ4v) is 2.24. The number of hydrogen-bond acceptors (Lipinski definition) is 3. The molecule has 2 aromatic rings. The Balaban J connectivity index is 1.81. The zero-order chi connectivity index (χ0) is 14.9. The fourth-order valence-electron chi connectivity index (χ4n) is 2.24. The highest BCUT2D eigenvalue weighted by atomic mass is 16.3. The van der Waals surface area contributed by atoms with Gasteiger partial charge >= 0.3 is 0 Å². The molecule has 0 bridgehead atoms. The van der Waals surface area contributed by atoms with Crippen LogP contribution < -0.4 is 5.32 Å². The van der Waals surface area contributed by atoms with Crippen molar-refractivity contribution in [2.75, 3.05) is 6.61 Å². The van der Waals surface area contributed by atoms with Gasteiger partial charge in [0, 0.05) is 32.0 Å². The van der Waals surface area contributed by atoms with Gasteiger partial charge in [0.15, 0.2) is 0 Å². The molecule has 0 saturated heterocycles. The molecule has 2 rings (SSSR count). The van der Waals surface area contributed by atoms with Crippen LogP contribution in [0.1, 0.15) is 30.9 Å². The van der Waals surface area contributed by atoms with E-state index < -0.39 is 0 Å². The minimum Gasteiger partial charge on any atom is -0.396 e. The molecule has 0 saturated carbocycles. The Hall–Kier alpha value is -2.14. The highest BCUT2D eigenvalue weighted by Gasteiger charge is 2.13. The van der Waals surface area contributed by atoms with Crippen LogP contribution in [0.15, 0.2) is 49.1 Å². The third-order valence-electron chi connectivity index (χ3n) is 3.33. The maximum Gasteiger partial charge on any atom is 0.220 e. The number of nitrogens with one attached hydrogen (secondary N) is 1. The summed E-state index contributed by atoms with van der Waals surface area (Å²) < 4.78 is 1.95. The summed E-state index contributed by atoms with van der Waals surface area (Å²) in [7, 11) is 0. The van der Waals surface area contributed by atoms with E-state index in [1.807, 2.05) is 41.1 Å². The molecule has 5 heteroatoms. The molecule has 1 heterocycles. The number of imidazole rings is 1. The molecule has 21 heavy (non-hydrogen) atoms. The summed E-state index contributed by atoms with van der Waals surface area (Å²) in [5.41, 5.74) is 1.02. The van der Waals surface area contributed by atoms with Gasteiger partial charge in [-0.3, -0.25) is 4.79 Å². The number of benzene rings is 1. The van der Waals surface area contributed by atoms with E-state index in [0.717, 1.165) is 18.5 Å². The van der Waals surface area contributed by atoms with Crippen LogP contribution in [0.4, 0.5) is 0 Å². The third kappa shape index (κ3) is 5.04. The SMILES string of the molecule is O=C(CCCn1ccnc1)NC(CCO)c1ccccc1. The summed E-state index contributed by atoms with van der Waals surface area (Å²) in [6.45, 7) is 0.832. The molecule has 0 fully saturated rings. The molecule has 0 radical (unpaired) electrons. The number of aliphatic hydroxyl groups is 1. The molecule has 112 valence electrons. The summed E-state index contributed by atoms with van der Waals surface area (Å²) in [5.74, 6) is 0.0115. The molecule has 2 N–H and O–H groups in total. The second-order valence-corrected chi connectivity index (χ2v) is 4.95. The van der Waals surface area contributed by atoms with Gasteiger partial charge in [-0.15, -0.1) is 0 Å². The summed E-state index contributed by atoms with van der Waals surface area (Å²) in [4.78, 5) is 16.0. The van der Waals surface area contributed by atoms with E-state index in [1.54, 1.807) is 12.5 Å². The van der Waals surface area contributed by atoms with Gasteiger partial charge in [0.1, 0.15) is 0 Å². The first-order valence-electron chi connectivity index (χ1n) is 7.20. The lowest BCUT2D eigenvalue weighted by Gasteiger charge is -2.18. The topological polar surface area (TPSA) is 67.2 Å². The average Bonchev–Trinajstić information content (AvgIpc) is 3.01. The predicted octanol–water partition coefficient (Wildman–Crippen LogP) is 1.90. The third-order valence-corrected chi connectivity index (χ3v) is 3.33. The molecule has 1 aromatic carbocycles. The van der Waals surface area contributed by atoms with E-state index in [-0.39, 0.29) is 18.6 Å². The number of carbonyl (C=O) groups excluding carboxylic acids is 1. The first kappa shape index (κ1) is 15.3. The summed E-state index contributed by atoms with van der Waals surface area (Å²) in [6.07, 6.45) is 7.12. The average molecular weight is 287 g/mol. The van der Waals surface area contributed by atoms with Crippen LogP contribution in [-0.2, 0) is 11.3 Å². The van der Waals surface area contributed by atoms with Crippen molar-refractivity contribution in [2.24, 2.45) is 0 Å². The van der Waals surface area contributed by atoms with Crippen LogP contribution in [0, 0.1) is 0 Å². The second-order valence-electron chi connectivity index (χ2n) is 4.95. The van der Waals surface area contributed by atoms with Crippen molar-refractivity contribution in [3.63, 3.8) is 0 Å². The smallest absolute Gasteiger partial charge is 0.220 e. The minimum absolute atomic E-state index is 0.0115. The van der Waals surface area contributed by atoms with Crippen molar-refractivity contribution in [3.05, 3.63) is 54.6 Å². The Morgan fingerprint density at radius 2 is 2.14 bits per heavy atom. The monoisotopic (exact) mass is 287 g/mol. The van der Waals surface area contributed by atoms with Crippen LogP contribution in [-0.4, -0.2) is 27.2 Å². The van der Waals surface area contributed by atoms with Crippen LogP contribution in [0.3, 0.4) is 0 Å². The number of aryl methyl sites for hydroxylation is 1. The quantitative estimate of drug-likeness (QED) is 0.779. The number of amides is 1. The Labute approximate surface area is 124 Å². The molecule has 0 aliphatic rings. The maximum absolute atomic E-state index is 12.0. The molecule has 1 unspecified atom stereocenters. The van der Waals surface area contributed by atoms with Crippen LogP contribution in [0.2, 0.25) is 0 Å². The summed E-state index contributed by atoms with van der Waals surface area (Å²) >= 11 is 0. The number of nitrogens with zero attached hydrogens (tertiary/aromatic N) is 2. The van der Waals surface area contributed by atoms with Gasteiger partial charge in [-0.25, -0.2) is 4.98 Å². The molecule has 1 amide bonds. The Bertz CT molecular complexity index is 526. The first-order valence-corrected chi connectivity index (χ1v) is 7.20. The van der Waals surface area contributed by atoms with Gasteiger partial charge in [-0.1, -0.05) is 30.3 Å². The summed E-state index contributed by atoms with van der Waals surface area (Å²) in [6, 6.07) is 9.61. The molecule has 1 aromatic heterocycles. The highest BCUT2D eigenvalue weighted by Crippen LogP contribution is 2.16. The second kappa shape index (κ2) is 8.21. The van der Waals surface area contributed by atoms with Gasteiger partial charge in [0.05, 0.1) is 12.4 Å². The molecular formula is C16H21N3O2. The number of aromatic nitrogens is 2. The van der Waals surface area contributed by atoms with Gasteiger partial charge in [-0.05, 0) is 18.4 Å². The standard InChI is InChI=1S/C16H21N3O2/c20-12-8-15(14-5-2-1-3-6-14)18-16(21)7-4-10-19-11-9-17-13-19/h1-3,5-6,9,11,13,15,20H,4,7-8,10,12H2,(H,18,21). The lowest BCUT2D eigenvalue weighted by molar-refractivity contribution is -0.122. The van der Waals surface area contributed by atoms with Gasteiger partial charge in [0.2, 0.25) is 5.91 Å². The number of hydrogen-bond donors (Lipinski definition) is 2. The van der Waals surface area contributed by atoms with Crippen LogP contribution >= 0.6 is 0 Å². The fraction of sp³-hybridized carbons (Fsp3) is 0.375. The van der Waals surface area contributed by atoms with E-state index in [2.05, 4.69) is 10.3 Å². The zero-order valence-corrected chi connectivity index (χ0v) is 12.0. The zero-order valence-electron chi connectivity index (χ0n) is 12.0. The van der Waals surface area contributed by atoms with Gasteiger partial charge < -0.3 is 15.0 Å². The molecule has 0 aliphatic carbocycles. The number of aliphatic hydroxyl groups excluding tert-OH is 1. The van der Waals surface area contributed by atoms with Gasteiger partial charge in [0.25, 0.3) is 0 Å². The van der Waals surface area contributed by atoms with Crippen molar-refractivity contribution in [2.45, 2.75) is 31.8 Å². The normalized spacial score (nSPS) is 12.0. The Morgan fingerprint density at radius 3 is 2.81 bits per heavy atom. The van der Waals surface area contributed by atoms with Crippen molar-refractivity contribution in [1.29, 1.82) is 0 Å². The Morgan fingerprint density at radius 1 is 1.33 bits per heavy atom. The predicted molar refractivity (Wildman–Crippen MR) is 80.5 cm³/mol. The molecule has 0 spiro atoms. The number of rotatable bonds is 8. The van der Waals surface area contributed by atoms with Crippen molar-refractivity contribution < 1.29 is 9.90 Å². The molecule has 5 nitrogen and oxygen atoms in total. The van der Waals surface area contributed by atoms with Crippen molar-refractivity contribution in [1.82, 2.24) is 14.9 Å². The Kier molecular flexibility index (Phi) is 5.97. The van der Waals surface area contributed by atoms with E-state index >= 15 is 0 Å². The minimum atomic E-state index is -0.128. The molecule has 0 aliphatic heterocycles. The van der Waals surface area contributed by atoms with E-state index in [4.69, 9.17) is 5.11 Å². The molecular weight excluding hydrogens is 266 g/mol. The van der Waals surface area contributed by atoms with E-state index in [1.165, 1.54) is 0 Å². The first-order chi connectivity index (χ1) is 10.3. The highest BCUT2D eigenvalue weighted by molar-refractivity contribution is 5.76. The number of carbonyl (C=O) groups is 1. The van der Waals surface area contributed by atoms with Crippen molar-refractivity contribution >= 4 is 5.91 Å². The maximum atomic E-state index is 12.0. The van der Waals surface area contributed by atoms with Crippen LogP contribution in [0.25, 0.3) is 0 Å². The van der Waals surface area contributed by atoms with E-state index in [0.29, 0.717) is 12.8 Å². The van der Waals surface area contributed by atoms with E-state index in [9.17, 15) is 4.79 Å². The van der Waals surface area contributed by atoms with Gasteiger partial charge in [-0.2, -0.15) is 0 Å². The lowest BCUT2D eigenvalue weighted by atomic mass is 10.0. The lowest BCUT2D eigenvalue weighted by Crippen LogP contribution is -2.29. The van der Waals surface area contributed by atoms with Crippen LogP contribution in [0.5, 0.6) is 0 Å². The molecule has 1 atom stereocenters. The summed E-state index contributed by atoms with van der Waals surface area (Å²) in [5, 5.41) is 12.1. The van der Waals surface area contributed by atoms with Crippen molar-refractivity contribution in [3.8, 4) is 0 Å². The largest absolute Gasteiger partial charge is 0.396 e.